The van der Waals surface area contributed by atoms with Crippen molar-refractivity contribution < 1.29 is 8.83 Å². The van der Waals surface area contributed by atoms with E-state index < -0.39 is 0 Å². The van der Waals surface area contributed by atoms with Gasteiger partial charge in [-0.1, -0.05) is 115 Å². The van der Waals surface area contributed by atoms with Gasteiger partial charge in [-0.2, -0.15) is 0 Å². The predicted octanol–water partition coefficient (Wildman–Crippen LogP) is 11.0. The van der Waals surface area contributed by atoms with E-state index in [9.17, 15) is 0 Å². The van der Waals surface area contributed by atoms with Gasteiger partial charge in [0.25, 0.3) is 0 Å². The number of nitrogens with one attached hydrogen (secondary N) is 1. The summed E-state index contributed by atoms with van der Waals surface area (Å²) in [5, 5.41) is 10.7. The summed E-state index contributed by atoms with van der Waals surface area (Å²) in [6, 6.07) is 53.0. The van der Waals surface area contributed by atoms with Crippen molar-refractivity contribution in [1.29, 1.82) is 0 Å². The number of furan rings is 2. The van der Waals surface area contributed by atoms with Gasteiger partial charge in [0.2, 0.25) is 0 Å². The second-order valence-electron chi connectivity index (χ2n) is 12.8. The smallest absolute Gasteiger partial charge is 0.136 e. The molecule has 10 rings (SSSR count). The van der Waals surface area contributed by atoms with Gasteiger partial charge in [-0.25, -0.2) is 4.99 Å². The van der Waals surface area contributed by atoms with Crippen LogP contribution in [0.2, 0.25) is 0 Å². The van der Waals surface area contributed by atoms with E-state index in [0.29, 0.717) is 0 Å². The number of hydrogen-bond donors (Lipinski definition) is 1. The molecule has 2 aromatic heterocycles. The zero-order chi connectivity index (χ0) is 32.5. The topological polar surface area (TPSA) is 53.9 Å². The van der Waals surface area contributed by atoms with Crippen LogP contribution in [0.25, 0.3) is 65.8 Å². The fraction of sp³-hybridized carbons (Fsp3) is 0.0682. The molecule has 0 aliphatic carbocycles. The summed E-state index contributed by atoms with van der Waals surface area (Å²) in [6.45, 7) is 0. The maximum atomic E-state index is 6.60. The highest BCUT2D eigenvalue weighted by molar-refractivity contribution is 6.18. The third-order valence-electron chi connectivity index (χ3n) is 9.98. The normalized spacial score (nSPS) is 16.9. The molecule has 1 aliphatic heterocycles. The fourth-order valence-corrected chi connectivity index (χ4v) is 7.60. The van der Waals surface area contributed by atoms with E-state index in [-0.39, 0.29) is 12.3 Å². The summed E-state index contributed by atoms with van der Waals surface area (Å²) in [5.74, 6) is 0.831. The molecule has 3 heterocycles. The number of rotatable bonds is 4. The molecule has 0 spiro atoms. The minimum Gasteiger partial charge on any atom is -0.456 e. The summed E-state index contributed by atoms with van der Waals surface area (Å²) in [4.78, 5) is 7.69. The van der Waals surface area contributed by atoms with Crippen LogP contribution in [0.5, 0.6) is 0 Å². The lowest BCUT2D eigenvalue weighted by Crippen LogP contribution is -2.46. The van der Waals surface area contributed by atoms with E-state index in [4.69, 9.17) is 13.8 Å². The lowest BCUT2D eigenvalue weighted by atomic mass is 9.97. The van der Waals surface area contributed by atoms with Crippen molar-refractivity contribution in [1.82, 2.24) is 10.2 Å². The second-order valence-corrected chi connectivity index (χ2v) is 12.8. The number of para-hydroxylation sites is 1. The molecular weight excluding hydrogens is 603 g/mol. The molecule has 0 bridgehead atoms. The standard InChI is InChI=1S/C44H31N3O2/c1-47-43(28-12-3-2-4-13-28)45-42(34-16-9-19-37-40(34)32-15-7-8-18-36(32)48-37)46-44(47)35-17-10-20-38-41(35)33-24-23-31(26-39(33)49-38)30-22-21-27-11-5-6-14-29(27)25-30/h2-26,43-44H,1H3,(H,45,46). The van der Waals surface area contributed by atoms with Gasteiger partial charge < -0.3 is 14.2 Å². The summed E-state index contributed by atoms with van der Waals surface area (Å²) in [5.41, 5.74) is 9.03. The largest absolute Gasteiger partial charge is 0.456 e. The molecule has 234 valence electrons. The van der Waals surface area contributed by atoms with Crippen molar-refractivity contribution in [3.05, 3.63) is 168 Å². The Morgan fingerprint density at radius 1 is 0.551 bits per heavy atom. The van der Waals surface area contributed by atoms with E-state index in [1.54, 1.807) is 0 Å². The zero-order valence-electron chi connectivity index (χ0n) is 26.8. The number of nitrogens with zero attached hydrogens (tertiary/aromatic N) is 2. The van der Waals surface area contributed by atoms with Crippen molar-refractivity contribution in [2.45, 2.75) is 12.3 Å². The van der Waals surface area contributed by atoms with Gasteiger partial charge in [0.05, 0.1) is 0 Å². The van der Waals surface area contributed by atoms with E-state index >= 15 is 0 Å². The van der Waals surface area contributed by atoms with E-state index in [0.717, 1.165) is 72.0 Å². The van der Waals surface area contributed by atoms with Gasteiger partial charge in [-0.15, -0.1) is 0 Å². The Morgan fingerprint density at radius 2 is 1.22 bits per heavy atom. The first kappa shape index (κ1) is 27.9. The summed E-state index contributed by atoms with van der Waals surface area (Å²) in [6.07, 6.45) is -0.417. The van der Waals surface area contributed by atoms with Crippen LogP contribution in [-0.4, -0.2) is 17.8 Å². The first-order chi connectivity index (χ1) is 24.2. The average molecular weight is 634 g/mol. The average Bonchev–Trinajstić information content (AvgIpc) is 3.73. The molecule has 5 heteroatoms. The third-order valence-corrected chi connectivity index (χ3v) is 9.98. The van der Waals surface area contributed by atoms with Crippen molar-refractivity contribution in [2.75, 3.05) is 7.05 Å². The lowest BCUT2D eigenvalue weighted by molar-refractivity contribution is 0.153. The van der Waals surface area contributed by atoms with Crippen LogP contribution in [0, 0.1) is 0 Å². The van der Waals surface area contributed by atoms with Gasteiger partial charge >= 0.3 is 0 Å². The molecule has 0 saturated carbocycles. The monoisotopic (exact) mass is 633 g/mol. The fourth-order valence-electron chi connectivity index (χ4n) is 7.60. The molecule has 5 nitrogen and oxygen atoms in total. The Kier molecular flexibility index (Phi) is 6.23. The van der Waals surface area contributed by atoms with Gasteiger partial charge in [0, 0.05) is 32.7 Å². The van der Waals surface area contributed by atoms with Crippen LogP contribution < -0.4 is 5.32 Å². The van der Waals surface area contributed by atoms with Crippen molar-refractivity contribution in [2.24, 2.45) is 4.99 Å². The summed E-state index contributed by atoms with van der Waals surface area (Å²) in [7, 11) is 2.14. The van der Waals surface area contributed by atoms with Gasteiger partial charge in [-0.05, 0) is 70.9 Å². The number of aliphatic imine (C=N–C) groups is 1. The maximum absolute atomic E-state index is 6.60. The minimum atomic E-state index is -0.219. The van der Waals surface area contributed by atoms with E-state index in [2.05, 4.69) is 145 Å². The highest BCUT2D eigenvalue weighted by Gasteiger charge is 2.34. The van der Waals surface area contributed by atoms with Crippen LogP contribution in [0.3, 0.4) is 0 Å². The minimum absolute atomic E-state index is 0.198. The first-order valence-electron chi connectivity index (χ1n) is 16.7. The highest BCUT2D eigenvalue weighted by atomic mass is 16.3. The SMILES string of the molecule is CN1C(c2ccccc2)N=C(c2cccc3oc4ccccc4c23)NC1c1cccc2oc3cc(-c4ccc5ccccc5c4)ccc3c12. The zero-order valence-corrected chi connectivity index (χ0v) is 26.8. The van der Waals surface area contributed by atoms with E-state index in [1.165, 1.54) is 16.3 Å². The van der Waals surface area contributed by atoms with Crippen molar-refractivity contribution >= 4 is 60.5 Å². The van der Waals surface area contributed by atoms with Crippen LogP contribution in [0.15, 0.2) is 165 Å². The number of amidine groups is 1. The van der Waals surface area contributed by atoms with Gasteiger partial charge in [0.1, 0.15) is 40.5 Å². The van der Waals surface area contributed by atoms with Crippen molar-refractivity contribution in [3.8, 4) is 11.1 Å². The number of fused-ring (bicyclic) bond motifs is 7. The van der Waals surface area contributed by atoms with E-state index in [1.807, 2.05) is 24.3 Å². The molecule has 7 aromatic carbocycles. The number of hydrogen-bond acceptors (Lipinski definition) is 5. The predicted molar refractivity (Wildman–Crippen MR) is 200 cm³/mol. The molecule has 49 heavy (non-hydrogen) atoms. The quantitative estimate of drug-likeness (QED) is 0.210. The Balaban J connectivity index is 1.13. The van der Waals surface area contributed by atoms with Crippen molar-refractivity contribution in [3.63, 3.8) is 0 Å². The lowest BCUT2D eigenvalue weighted by Gasteiger charge is -2.39. The highest BCUT2D eigenvalue weighted by Crippen LogP contribution is 2.41. The molecule has 2 atom stereocenters. The molecule has 1 aliphatic rings. The first-order valence-corrected chi connectivity index (χ1v) is 16.7. The molecule has 0 fully saturated rings. The molecule has 0 amide bonds. The summed E-state index contributed by atoms with van der Waals surface area (Å²) >= 11 is 0. The Morgan fingerprint density at radius 3 is 2.12 bits per heavy atom. The van der Waals surface area contributed by atoms with Crippen LogP contribution in [0.4, 0.5) is 0 Å². The Labute approximate surface area is 282 Å². The maximum Gasteiger partial charge on any atom is 0.136 e. The Bertz CT molecular complexity index is 2740. The molecule has 9 aromatic rings. The van der Waals surface area contributed by atoms with Crippen LogP contribution in [0.1, 0.15) is 29.0 Å². The third kappa shape index (κ3) is 4.47. The number of benzene rings is 7. The van der Waals surface area contributed by atoms with Crippen LogP contribution >= 0.6 is 0 Å². The molecule has 2 unspecified atom stereocenters. The summed E-state index contributed by atoms with van der Waals surface area (Å²) < 4.78 is 12.9. The van der Waals surface area contributed by atoms with Crippen LogP contribution in [-0.2, 0) is 0 Å². The second kappa shape index (κ2) is 10.9. The molecule has 0 saturated heterocycles. The molecule has 0 radical (unpaired) electrons. The van der Waals surface area contributed by atoms with Gasteiger partial charge in [0.15, 0.2) is 0 Å². The molecule has 1 N–H and O–H groups in total. The van der Waals surface area contributed by atoms with Gasteiger partial charge in [-0.3, -0.25) is 4.90 Å². The molecular formula is C44H31N3O2. The Hall–Kier alpha value is -6.17.